The van der Waals surface area contributed by atoms with Crippen LogP contribution >= 0.6 is 0 Å². The summed E-state index contributed by atoms with van der Waals surface area (Å²) in [5.41, 5.74) is 3.86. The van der Waals surface area contributed by atoms with Crippen molar-refractivity contribution >= 4 is 39.3 Å². The van der Waals surface area contributed by atoms with Crippen molar-refractivity contribution in [1.82, 2.24) is 34.9 Å². The normalized spacial score (nSPS) is 21.3. The minimum Gasteiger partial charge on any atom is -0.357 e. The smallest absolute Gasteiger partial charge is 0.256 e. The third-order valence-electron chi connectivity index (χ3n) is 9.38. The highest BCUT2D eigenvalue weighted by Crippen LogP contribution is 2.33. The van der Waals surface area contributed by atoms with Gasteiger partial charge in [-0.25, -0.2) is 4.98 Å². The summed E-state index contributed by atoms with van der Waals surface area (Å²) < 4.78 is 1.93. The lowest BCUT2D eigenvalue weighted by molar-refractivity contribution is 0.102. The van der Waals surface area contributed by atoms with Gasteiger partial charge in [0, 0.05) is 93.2 Å². The van der Waals surface area contributed by atoms with Gasteiger partial charge in [-0.05, 0) is 69.5 Å². The van der Waals surface area contributed by atoms with Crippen LogP contribution in [-0.4, -0.2) is 94.9 Å². The number of amides is 1. The SMILES string of the molecule is CN1CCC[C@@H]1c1cc2cnc(NC(=O)c3ccc4c(c3)c(N3CCC(CN5CCNCC5)CC3)nn4C)cc2[nH]1. The van der Waals surface area contributed by atoms with Crippen LogP contribution in [0.25, 0.3) is 21.8 Å². The molecule has 0 bridgehead atoms. The van der Waals surface area contributed by atoms with Gasteiger partial charge in [0.15, 0.2) is 5.82 Å². The largest absolute Gasteiger partial charge is 0.357 e. The molecule has 1 amide bonds. The lowest BCUT2D eigenvalue weighted by Crippen LogP contribution is -2.47. The number of rotatable bonds is 6. The molecular weight excluding hydrogens is 514 g/mol. The molecule has 0 spiro atoms. The van der Waals surface area contributed by atoms with Crippen molar-refractivity contribution in [3.63, 3.8) is 0 Å². The highest BCUT2D eigenvalue weighted by atomic mass is 16.1. The Bertz CT molecular complexity index is 1540. The van der Waals surface area contributed by atoms with Crippen molar-refractivity contribution in [1.29, 1.82) is 0 Å². The number of nitrogens with one attached hydrogen (secondary N) is 3. The van der Waals surface area contributed by atoms with E-state index in [0.29, 0.717) is 17.4 Å². The molecule has 3 N–H and O–H groups in total. The van der Waals surface area contributed by atoms with Crippen LogP contribution < -0.4 is 15.5 Å². The van der Waals surface area contributed by atoms with Crippen LogP contribution in [0.4, 0.5) is 11.6 Å². The molecule has 10 heteroatoms. The molecule has 7 rings (SSSR count). The van der Waals surface area contributed by atoms with E-state index in [1.807, 2.05) is 42.2 Å². The first-order valence-corrected chi connectivity index (χ1v) is 15.2. The summed E-state index contributed by atoms with van der Waals surface area (Å²) in [5.74, 6) is 2.10. The number of hydrogen-bond acceptors (Lipinski definition) is 7. The van der Waals surface area contributed by atoms with Gasteiger partial charge in [0.1, 0.15) is 5.82 Å². The number of aryl methyl sites for hydroxylation is 1. The van der Waals surface area contributed by atoms with Gasteiger partial charge in [-0.15, -0.1) is 0 Å². The third-order valence-corrected chi connectivity index (χ3v) is 9.38. The number of aromatic nitrogens is 4. The van der Waals surface area contributed by atoms with Crippen LogP contribution in [0.5, 0.6) is 0 Å². The lowest BCUT2D eigenvalue weighted by atomic mass is 9.95. The average molecular weight is 556 g/mol. The predicted octanol–water partition coefficient (Wildman–Crippen LogP) is 3.59. The second kappa shape index (κ2) is 11.1. The summed E-state index contributed by atoms with van der Waals surface area (Å²) >= 11 is 0. The molecule has 0 aliphatic carbocycles. The topological polar surface area (TPSA) is 97.3 Å². The number of anilines is 2. The van der Waals surface area contributed by atoms with E-state index in [1.165, 1.54) is 31.5 Å². The van der Waals surface area contributed by atoms with Crippen LogP contribution in [-0.2, 0) is 7.05 Å². The maximum absolute atomic E-state index is 13.4. The van der Waals surface area contributed by atoms with Gasteiger partial charge in [0.25, 0.3) is 5.91 Å². The monoisotopic (exact) mass is 555 g/mol. The molecule has 0 unspecified atom stereocenters. The van der Waals surface area contributed by atoms with Crippen LogP contribution in [0.3, 0.4) is 0 Å². The first-order chi connectivity index (χ1) is 20.0. The molecule has 10 nitrogen and oxygen atoms in total. The van der Waals surface area contributed by atoms with Crippen LogP contribution in [0.1, 0.15) is 47.8 Å². The molecule has 0 radical (unpaired) electrons. The Morgan fingerprint density at radius 1 is 1.02 bits per heavy atom. The quantitative estimate of drug-likeness (QED) is 0.335. The van der Waals surface area contributed by atoms with Gasteiger partial charge in [-0.1, -0.05) is 0 Å². The molecule has 1 aromatic carbocycles. The van der Waals surface area contributed by atoms with Crippen molar-refractivity contribution in [3.05, 3.63) is 47.8 Å². The summed E-state index contributed by atoms with van der Waals surface area (Å²) in [5, 5.41) is 13.4. The van der Waals surface area contributed by atoms with Crippen molar-refractivity contribution in [2.24, 2.45) is 13.0 Å². The van der Waals surface area contributed by atoms with E-state index in [1.54, 1.807) is 0 Å². The number of H-pyrrole nitrogens is 1. The molecule has 41 heavy (non-hydrogen) atoms. The number of aromatic amines is 1. The van der Waals surface area contributed by atoms with Gasteiger partial charge < -0.3 is 25.4 Å². The third kappa shape index (κ3) is 5.31. The number of nitrogens with zero attached hydrogens (tertiary/aromatic N) is 6. The van der Waals surface area contributed by atoms with Gasteiger partial charge in [0.2, 0.25) is 0 Å². The molecule has 3 aliphatic rings. The molecule has 3 saturated heterocycles. The van der Waals surface area contributed by atoms with Crippen molar-refractivity contribution in [3.8, 4) is 0 Å². The van der Waals surface area contributed by atoms with E-state index in [-0.39, 0.29) is 5.91 Å². The van der Waals surface area contributed by atoms with Gasteiger partial charge in [-0.2, -0.15) is 5.10 Å². The number of hydrogen-bond donors (Lipinski definition) is 3. The van der Waals surface area contributed by atoms with Gasteiger partial charge in [0.05, 0.1) is 11.0 Å². The first-order valence-electron chi connectivity index (χ1n) is 15.2. The minimum absolute atomic E-state index is 0.161. The zero-order chi connectivity index (χ0) is 27.9. The molecule has 216 valence electrons. The Kier molecular flexibility index (Phi) is 7.14. The van der Waals surface area contributed by atoms with Gasteiger partial charge >= 0.3 is 0 Å². The molecule has 4 aromatic rings. The summed E-state index contributed by atoms with van der Waals surface area (Å²) in [6.45, 7) is 8.83. The van der Waals surface area contributed by atoms with E-state index in [0.717, 1.165) is 85.8 Å². The van der Waals surface area contributed by atoms with Crippen molar-refractivity contribution in [2.75, 3.05) is 69.6 Å². The molecule has 3 fully saturated rings. The second-order valence-electron chi connectivity index (χ2n) is 12.1. The fraction of sp³-hybridized carbons (Fsp3) is 0.516. The van der Waals surface area contributed by atoms with Crippen LogP contribution in [0.2, 0.25) is 0 Å². The molecule has 1 atom stereocenters. The number of likely N-dealkylation sites (tertiary alicyclic amines) is 1. The highest BCUT2D eigenvalue weighted by molar-refractivity contribution is 6.07. The van der Waals surface area contributed by atoms with Gasteiger partial charge in [-0.3, -0.25) is 14.4 Å². The maximum atomic E-state index is 13.4. The van der Waals surface area contributed by atoms with Crippen LogP contribution in [0.15, 0.2) is 36.5 Å². The lowest BCUT2D eigenvalue weighted by Gasteiger charge is -2.36. The number of piperidine rings is 1. The molecule has 3 aliphatic heterocycles. The van der Waals surface area contributed by atoms with E-state index in [4.69, 9.17) is 5.10 Å². The number of carbonyl (C=O) groups excluding carboxylic acids is 1. The zero-order valence-corrected chi connectivity index (χ0v) is 24.2. The number of pyridine rings is 1. The zero-order valence-electron chi connectivity index (χ0n) is 24.2. The van der Waals surface area contributed by atoms with Crippen molar-refractivity contribution < 1.29 is 4.79 Å². The number of carbonyl (C=O) groups is 1. The fourth-order valence-corrected chi connectivity index (χ4v) is 7.00. The average Bonchev–Trinajstić information content (AvgIpc) is 3.70. The predicted molar refractivity (Wildman–Crippen MR) is 164 cm³/mol. The highest BCUT2D eigenvalue weighted by Gasteiger charge is 2.26. The standard InChI is InChI=1S/C31H41N9O/c1-37-11-3-4-28(37)26-17-23-19-33-29(18-25(23)34-26)35-31(41)22-5-6-27-24(16-22)30(36-38(27)2)40-12-7-21(8-13-40)20-39-14-9-32-10-15-39/h5-6,16-19,21,28,32,34H,3-4,7-15,20H2,1-2H3,(H,33,35,41)/t28-/m1/s1. The van der Waals surface area contributed by atoms with Crippen LogP contribution in [0, 0.1) is 5.92 Å². The van der Waals surface area contributed by atoms with E-state index in [2.05, 4.69) is 48.4 Å². The molecule has 6 heterocycles. The second-order valence-corrected chi connectivity index (χ2v) is 12.1. The Morgan fingerprint density at radius 2 is 1.85 bits per heavy atom. The van der Waals surface area contributed by atoms with E-state index >= 15 is 0 Å². The van der Waals surface area contributed by atoms with E-state index in [9.17, 15) is 4.79 Å². The minimum atomic E-state index is -0.161. The number of benzene rings is 1. The van der Waals surface area contributed by atoms with E-state index < -0.39 is 0 Å². The Labute approximate surface area is 241 Å². The first kappa shape index (κ1) is 26.4. The molecular formula is C31H41N9O. The summed E-state index contributed by atoms with van der Waals surface area (Å²) in [6.07, 6.45) is 6.57. The fourth-order valence-electron chi connectivity index (χ4n) is 7.00. The maximum Gasteiger partial charge on any atom is 0.256 e. The summed E-state index contributed by atoms with van der Waals surface area (Å²) in [6, 6.07) is 10.4. The Morgan fingerprint density at radius 3 is 2.63 bits per heavy atom. The summed E-state index contributed by atoms with van der Waals surface area (Å²) in [7, 11) is 4.16. The molecule has 0 saturated carbocycles. The summed E-state index contributed by atoms with van der Waals surface area (Å²) in [4.78, 5) is 28.9. The number of piperazine rings is 1. The van der Waals surface area contributed by atoms with Crippen molar-refractivity contribution in [2.45, 2.75) is 31.7 Å². The Hall–Kier alpha value is -3.47. The Balaban J connectivity index is 1.05. The molecule has 3 aromatic heterocycles. The number of fused-ring (bicyclic) bond motifs is 2.